The second-order valence-corrected chi connectivity index (χ2v) is 7.51. The molecule has 1 amide bonds. The van der Waals surface area contributed by atoms with Gasteiger partial charge in [-0.15, -0.1) is 0 Å². The van der Waals surface area contributed by atoms with Crippen LogP contribution in [0.2, 0.25) is 0 Å². The second kappa shape index (κ2) is 9.05. The van der Waals surface area contributed by atoms with E-state index in [0.29, 0.717) is 5.92 Å². The molecule has 2 atom stereocenters. The third-order valence-electron chi connectivity index (χ3n) is 5.74. The van der Waals surface area contributed by atoms with Crippen LogP contribution in [-0.4, -0.2) is 31.0 Å². The quantitative estimate of drug-likeness (QED) is 0.846. The number of hydrogen-bond donors (Lipinski definition) is 1. The summed E-state index contributed by atoms with van der Waals surface area (Å²) in [5.74, 6) is 1.50. The van der Waals surface area contributed by atoms with Crippen LogP contribution in [0.3, 0.4) is 0 Å². The molecule has 144 valence electrons. The second-order valence-electron chi connectivity index (χ2n) is 7.51. The zero-order valence-corrected chi connectivity index (χ0v) is 16.3. The maximum Gasteiger partial charge on any atom is 0.227 e. The molecule has 4 nitrogen and oxygen atoms in total. The smallest absolute Gasteiger partial charge is 0.227 e. The number of rotatable bonds is 6. The van der Waals surface area contributed by atoms with Gasteiger partial charge in [0.2, 0.25) is 5.91 Å². The molecule has 2 N–H and O–H groups in total. The van der Waals surface area contributed by atoms with Crippen molar-refractivity contribution >= 4 is 5.91 Å². The van der Waals surface area contributed by atoms with Gasteiger partial charge in [-0.05, 0) is 42.4 Å². The molecule has 2 aromatic rings. The number of methoxy groups -OCH3 is 1. The number of benzene rings is 2. The molecule has 27 heavy (non-hydrogen) atoms. The fraction of sp³-hybridized carbons (Fsp3) is 0.435. The summed E-state index contributed by atoms with van der Waals surface area (Å²) in [5, 5.41) is 0. The normalized spacial score (nSPS) is 17.4. The minimum atomic E-state index is -0.259. The molecule has 1 heterocycles. The average Bonchev–Trinajstić information content (AvgIpc) is 2.73. The van der Waals surface area contributed by atoms with Crippen LogP contribution in [0.25, 0.3) is 0 Å². The lowest BCUT2D eigenvalue weighted by molar-refractivity contribution is -0.137. The van der Waals surface area contributed by atoms with E-state index in [1.807, 2.05) is 54.3 Å². The zero-order chi connectivity index (χ0) is 19.2. The number of amides is 1. The summed E-state index contributed by atoms with van der Waals surface area (Å²) in [5.41, 5.74) is 8.62. The van der Waals surface area contributed by atoms with Crippen molar-refractivity contribution in [3.05, 3.63) is 65.7 Å². The van der Waals surface area contributed by atoms with Gasteiger partial charge in [-0.2, -0.15) is 0 Å². The Kier molecular flexibility index (Phi) is 6.51. The van der Waals surface area contributed by atoms with E-state index < -0.39 is 0 Å². The van der Waals surface area contributed by atoms with Gasteiger partial charge in [0.1, 0.15) is 5.75 Å². The Morgan fingerprint density at radius 2 is 1.74 bits per heavy atom. The van der Waals surface area contributed by atoms with Gasteiger partial charge in [0, 0.05) is 19.1 Å². The van der Waals surface area contributed by atoms with Gasteiger partial charge in [0.05, 0.1) is 13.0 Å². The molecule has 1 aliphatic rings. The van der Waals surface area contributed by atoms with Crippen LogP contribution < -0.4 is 10.5 Å². The summed E-state index contributed by atoms with van der Waals surface area (Å²) in [6.07, 6.45) is 3.05. The van der Waals surface area contributed by atoms with Crippen molar-refractivity contribution < 1.29 is 9.53 Å². The Bertz CT molecular complexity index is 739. The number of para-hydroxylation sites is 1. The van der Waals surface area contributed by atoms with Gasteiger partial charge >= 0.3 is 0 Å². The Labute approximate surface area is 162 Å². The summed E-state index contributed by atoms with van der Waals surface area (Å²) in [6, 6.07) is 17.8. The minimum Gasteiger partial charge on any atom is -0.496 e. The van der Waals surface area contributed by atoms with Gasteiger partial charge in [0.15, 0.2) is 0 Å². The molecular formula is C23H30N2O2. The predicted molar refractivity (Wildman–Crippen MR) is 109 cm³/mol. The third kappa shape index (κ3) is 4.69. The molecule has 4 heteroatoms. The maximum atomic E-state index is 12.9. The Morgan fingerprint density at radius 3 is 2.41 bits per heavy atom. The number of carbonyl (C=O) groups excluding carboxylic acids is 1. The lowest BCUT2D eigenvalue weighted by Gasteiger charge is -2.35. The molecule has 1 saturated heterocycles. The van der Waals surface area contributed by atoms with Gasteiger partial charge in [-0.1, -0.05) is 55.5 Å². The summed E-state index contributed by atoms with van der Waals surface area (Å²) in [7, 11) is 1.72. The number of carbonyl (C=O) groups is 1. The van der Waals surface area contributed by atoms with E-state index in [0.717, 1.165) is 43.7 Å². The summed E-state index contributed by atoms with van der Waals surface area (Å²) in [6.45, 7) is 3.57. The molecule has 1 aliphatic heterocycles. The first-order valence-corrected chi connectivity index (χ1v) is 9.81. The van der Waals surface area contributed by atoms with Crippen LogP contribution in [0.1, 0.15) is 36.9 Å². The number of nitrogens with zero attached hydrogens (tertiary/aromatic N) is 1. The summed E-state index contributed by atoms with van der Waals surface area (Å²) in [4.78, 5) is 14.9. The number of ether oxygens (including phenoxy) is 1. The van der Waals surface area contributed by atoms with Crippen LogP contribution in [0.15, 0.2) is 54.6 Å². The number of nitrogens with two attached hydrogens (primary N) is 1. The van der Waals surface area contributed by atoms with Crippen molar-refractivity contribution in [3.63, 3.8) is 0 Å². The van der Waals surface area contributed by atoms with Crippen molar-refractivity contribution in [3.8, 4) is 5.75 Å². The van der Waals surface area contributed by atoms with E-state index in [-0.39, 0.29) is 17.9 Å². The molecule has 2 unspecified atom stereocenters. The van der Waals surface area contributed by atoms with E-state index in [2.05, 4.69) is 12.1 Å². The van der Waals surface area contributed by atoms with E-state index >= 15 is 0 Å². The largest absolute Gasteiger partial charge is 0.496 e. The Hall–Kier alpha value is -2.33. The molecule has 0 radical (unpaired) electrons. The van der Waals surface area contributed by atoms with E-state index in [1.165, 1.54) is 5.56 Å². The molecule has 0 saturated carbocycles. The molecular weight excluding hydrogens is 336 g/mol. The van der Waals surface area contributed by atoms with Crippen LogP contribution in [0, 0.1) is 11.8 Å². The maximum absolute atomic E-state index is 12.9. The van der Waals surface area contributed by atoms with Gasteiger partial charge in [-0.25, -0.2) is 0 Å². The van der Waals surface area contributed by atoms with Crippen LogP contribution in [0.5, 0.6) is 5.75 Å². The van der Waals surface area contributed by atoms with Crippen molar-refractivity contribution in [2.24, 2.45) is 17.6 Å². The van der Waals surface area contributed by atoms with E-state index in [4.69, 9.17) is 10.5 Å². The molecule has 3 rings (SSSR count). The van der Waals surface area contributed by atoms with Crippen LogP contribution in [0.4, 0.5) is 0 Å². The first-order chi connectivity index (χ1) is 13.1. The highest BCUT2D eigenvalue weighted by Crippen LogP contribution is 2.28. The summed E-state index contributed by atoms with van der Waals surface area (Å²) >= 11 is 0. The fourth-order valence-corrected chi connectivity index (χ4v) is 3.95. The molecule has 0 aliphatic carbocycles. The molecule has 1 fully saturated rings. The average molecular weight is 367 g/mol. The van der Waals surface area contributed by atoms with Crippen LogP contribution in [-0.2, 0) is 11.2 Å². The highest BCUT2D eigenvalue weighted by atomic mass is 16.5. The number of likely N-dealkylation sites (tertiary alicyclic amines) is 1. The van der Waals surface area contributed by atoms with Crippen molar-refractivity contribution in [1.82, 2.24) is 4.90 Å². The Morgan fingerprint density at radius 1 is 1.11 bits per heavy atom. The van der Waals surface area contributed by atoms with E-state index in [9.17, 15) is 4.79 Å². The van der Waals surface area contributed by atoms with Crippen LogP contribution >= 0.6 is 0 Å². The minimum absolute atomic E-state index is 0.169. The standard InChI is InChI=1S/C23H30N2O2/c1-17(22(24)19-8-4-3-5-9-19)23(26)25-14-12-18(13-15-25)16-20-10-6-7-11-21(20)27-2/h3-11,17-18,22H,12-16,24H2,1-2H3. The van der Waals surface area contributed by atoms with Crippen molar-refractivity contribution in [1.29, 1.82) is 0 Å². The Balaban J connectivity index is 1.54. The molecule has 0 aromatic heterocycles. The number of hydrogen-bond acceptors (Lipinski definition) is 3. The molecule has 2 aromatic carbocycles. The first kappa shape index (κ1) is 19.4. The third-order valence-corrected chi connectivity index (χ3v) is 5.74. The van der Waals surface area contributed by atoms with Crippen molar-refractivity contribution in [2.45, 2.75) is 32.2 Å². The predicted octanol–water partition coefficient (Wildman–Crippen LogP) is 3.81. The van der Waals surface area contributed by atoms with Gasteiger partial charge in [-0.3, -0.25) is 4.79 Å². The van der Waals surface area contributed by atoms with Crippen molar-refractivity contribution in [2.75, 3.05) is 20.2 Å². The molecule has 0 spiro atoms. The number of piperidine rings is 1. The fourth-order valence-electron chi connectivity index (χ4n) is 3.95. The first-order valence-electron chi connectivity index (χ1n) is 9.81. The zero-order valence-electron chi connectivity index (χ0n) is 16.3. The molecule has 0 bridgehead atoms. The lowest BCUT2D eigenvalue weighted by Crippen LogP contribution is -2.44. The lowest BCUT2D eigenvalue weighted by atomic mass is 9.88. The highest BCUT2D eigenvalue weighted by Gasteiger charge is 2.29. The van der Waals surface area contributed by atoms with E-state index in [1.54, 1.807) is 7.11 Å². The summed E-state index contributed by atoms with van der Waals surface area (Å²) < 4.78 is 5.47. The monoisotopic (exact) mass is 366 g/mol. The highest BCUT2D eigenvalue weighted by molar-refractivity contribution is 5.79. The van der Waals surface area contributed by atoms with Gasteiger partial charge < -0.3 is 15.4 Å². The SMILES string of the molecule is COc1ccccc1CC1CCN(C(=O)C(C)C(N)c2ccccc2)CC1. The topological polar surface area (TPSA) is 55.6 Å². The van der Waals surface area contributed by atoms with Gasteiger partial charge in [0.25, 0.3) is 0 Å².